The predicted octanol–water partition coefficient (Wildman–Crippen LogP) is 5.13. The quantitative estimate of drug-likeness (QED) is 0.329. The summed E-state index contributed by atoms with van der Waals surface area (Å²) < 4.78 is 126. The van der Waals surface area contributed by atoms with Crippen molar-refractivity contribution in [3.05, 3.63) is 75.5 Å². The summed E-state index contributed by atoms with van der Waals surface area (Å²) in [5.41, 5.74) is -8.52. The largest absolute Gasteiger partial charge is 0.507 e. The fourth-order valence-electron chi connectivity index (χ4n) is 2.45. The van der Waals surface area contributed by atoms with Crippen LogP contribution in [0.5, 0.6) is 5.75 Å². The van der Waals surface area contributed by atoms with Crippen LogP contribution in [-0.2, 0) is 11.1 Å². The van der Waals surface area contributed by atoms with Gasteiger partial charge in [-0.3, -0.25) is 0 Å². The van der Waals surface area contributed by atoms with Crippen LogP contribution in [0.25, 0.3) is 11.0 Å². The van der Waals surface area contributed by atoms with Gasteiger partial charge in [0.15, 0.2) is 0 Å². The van der Waals surface area contributed by atoms with Crippen LogP contribution < -0.4 is 5.63 Å². The molecule has 3 aromatic rings. The first-order valence-corrected chi connectivity index (χ1v) is 8.48. The Hall–Kier alpha value is -3.50. The van der Waals surface area contributed by atoms with Gasteiger partial charge in [-0.1, -0.05) is 24.2 Å². The molecular weight excluding hydrogens is 446 g/mol. The van der Waals surface area contributed by atoms with Crippen LogP contribution in [0, 0.1) is 0 Å². The van der Waals surface area contributed by atoms with E-state index >= 15 is 0 Å². The van der Waals surface area contributed by atoms with E-state index in [9.17, 15) is 41.0 Å². The lowest BCUT2D eigenvalue weighted by atomic mass is 10.0. The van der Waals surface area contributed by atoms with Gasteiger partial charge >= 0.3 is 23.9 Å². The van der Waals surface area contributed by atoms with Gasteiger partial charge in [-0.2, -0.15) is 26.3 Å². The van der Waals surface area contributed by atoms with E-state index in [1.165, 1.54) is 0 Å². The van der Waals surface area contributed by atoms with Crippen molar-refractivity contribution in [2.24, 2.45) is 0 Å². The van der Waals surface area contributed by atoms with Crippen molar-refractivity contribution in [2.45, 2.75) is 31.3 Å². The molecule has 0 aliphatic carbocycles. The summed E-state index contributed by atoms with van der Waals surface area (Å²) in [5.74, 6) is -2.97. The van der Waals surface area contributed by atoms with Gasteiger partial charge in [0.05, 0.1) is 22.0 Å². The molecule has 11 heteroatoms. The number of carbonyl (C=O) groups excluding carboxylic acids is 1. The molecule has 32 heavy (non-hydrogen) atoms. The normalized spacial score (nSPS) is 15.9. The first-order chi connectivity index (χ1) is 16.8. The number of carbonyl (C=O) groups is 1. The van der Waals surface area contributed by atoms with Crippen molar-refractivity contribution in [2.75, 3.05) is 0 Å². The Labute approximate surface area is 182 Å². The summed E-state index contributed by atoms with van der Waals surface area (Å²) in [6.45, 7) is -0.352. The predicted molar refractivity (Wildman–Crippen MR) is 99.3 cm³/mol. The molecule has 1 unspecified atom stereocenters. The van der Waals surface area contributed by atoms with E-state index < -0.39 is 88.0 Å². The summed E-state index contributed by atoms with van der Waals surface area (Å²) in [7, 11) is 0. The maximum Gasteiger partial charge on any atom is 0.437 e. The molecule has 0 radical (unpaired) electrons. The topological polar surface area (TPSA) is 76.7 Å². The van der Waals surface area contributed by atoms with Crippen molar-refractivity contribution in [1.29, 1.82) is 0 Å². The van der Waals surface area contributed by atoms with Crippen LogP contribution in [0.15, 0.2) is 57.6 Å². The van der Waals surface area contributed by atoms with E-state index in [4.69, 9.17) is 11.3 Å². The zero-order valence-corrected chi connectivity index (χ0v) is 15.7. The minimum absolute atomic E-state index is 0.186. The highest BCUT2D eigenvalue weighted by Gasteiger charge is 2.71. The molecule has 1 N–H and O–H groups in total. The van der Waals surface area contributed by atoms with Gasteiger partial charge in [0.1, 0.15) is 11.3 Å². The Morgan fingerprint density at radius 3 is 2.22 bits per heavy atom. The number of hydrogen-bond acceptors (Lipinski definition) is 5. The monoisotopic (exact) mass is 465 g/mol. The van der Waals surface area contributed by atoms with Crippen molar-refractivity contribution in [1.82, 2.24) is 0 Å². The minimum atomic E-state index is -5.98. The Morgan fingerprint density at radius 2 is 1.66 bits per heavy atom. The molecule has 1 aromatic heterocycles. The summed E-state index contributed by atoms with van der Waals surface area (Å²) in [4.78, 5) is 24.5. The van der Waals surface area contributed by atoms with Crippen LogP contribution in [0.2, 0.25) is 0 Å². The molecule has 1 atom stereocenters. The molecule has 0 saturated carbocycles. The lowest BCUT2D eigenvalue weighted by molar-refractivity contribution is -0.358. The lowest BCUT2D eigenvalue weighted by Gasteiger charge is -2.33. The second-order valence-electron chi connectivity index (χ2n) is 6.54. The van der Waals surface area contributed by atoms with E-state index in [-0.39, 0.29) is 12.5 Å². The zero-order chi connectivity index (χ0) is 28.2. The van der Waals surface area contributed by atoms with Crippen LogP contribution in [-0.4, -0.2) is 29.0 Å². The van der Waals surface area contributed by atoms with E-state index in [1.54, 1.807) is 0 Å². The number of alkyl halides is 6. The molecule has 0 fully saturated rings. The second-order valence-corrected chi connectivity index (χ2v) is 6.54. The number of rotatable bonds is 4. The van der Waals surface area contributed by atoms with Crippen LogP contribution in [0.1, 0.15) is 35.3 Å². The summed E-state index contributed by atoms with van der Waals surface area (Å²) >= 11 is 0. The fraction of sp³-hybridized carbons (Fsp3) is 0.238. The number of aromatic hydroxyl groups is 1. The van der Waals surface area contributed by atoms with Gasteiger partial charge < -0.3 is 14.3 Å². The highest BCUT2D eigenvalue weighted by Crippen LogP contribution is 2.45. The molecule has 0 saturated heterocycles. The third kappa shape index (κ3) is 4.14. The average molecular weight is 465 g/mol. The summed E-state index contributed by atoms with van der Waals surface area (Å²) in [6, 6.07) is 0.236. The van der Waals surface area contributed by atoms with E-state index in [0.717, 1.165) is 24.3 Å². The lowest BCUT2D eigenvalue weighted by Crippen LogP contribution is -2.57. The van der Waals surface area contributed by atoms with Gasteiger partial charge in [-0.05, 0) is 36.7 Å². The Morgan fingerprint density at radius 1 is 1.09 bits per heavy atom. The van der Waals surface area contributed by atoms with Crippen molar-refractivity contribution in [3.8, 4) is 5.75 Å². The number of para-hydroxylation sites is 1. The average Bonchev–Trinajstić information content (AvgIpc) is 2.79. The summed E-state index contributed by atoms with van der Waals surface area (Å²) in [6.07, 6.45) is -13.8. The van der Waals surface area contributed by atoms with Crippen molar-refractivity contribution < 1.29 is 52.3 Å². The number of benzene rings is 2. The summed E-state index contributed by atoms with van der Waals surface area (Å²) in [5, 5.41) is 10.0. The Balaban J connectivity index is 2.01. The van der Waals surface area contributed by atoms with E-state index in [2.05, 4.69) is 4.74 Å². The Kier molecular flexibility index (Phi) is 4.21. The third-order valence-corrected chi connectivity index (χ3v) is 4.40. The molecule has 5 nitrogen and oxygen atoms in total. The molecule has 1 heterocycles. The van der Waals surface area contributed by atoms with Gasteiger partial charge in [0.25, 0.3) is 5.60 Å². The first kappa shape index (κ1) is 17.1. The highest BCUT2D eigenvalue weighted by atomic mass is 19.4. The number of hydrogen-bond donors (Lipinski definition) is 1. The maximum atomic E-state index is 13.0. The molecule has 170 valence electrons. The van der Waals surface area contributed by atoms with E-state index in [0.29, 0.717) is 0 Å². The van der Waals surface area contributed by atoms with Crippen molar-refractivity contribution in [3.63, 3.8) is 0 Å². The van der Waals surface area contributed by atoms with Crippen LogP contribution >= 0.6 is 0 Å². The Bertz CT molecular complexity index is 1440. The van der Waals surface area contributed by atoms with Crippen LogP contribution in [0.3, 0.4) is 0 Å². The SMILES string of the molecule is [2H]c1c([2H])c([2H])c2c(O)c(C([2H])c3ccc(C(=O)OC(C)(C(F)(F)F)C(F)(F)F)cc3)c(=O)oc2c1[2H]. The number of fused-ring (bicyclic) bond motifs is 1. The first-order valence-electron chi connectivity index (χ1n) is 11.1. The molecule has 0 spiro atoms. The maximum absolute atomic E-state index is 13.0. The van der Waals surface area contributed by atoms with Crippen LogP contribution in [0.4, 0.5) is 26.3 Å². The molecule has 0 amide bonds. The van der Waals surface area contributed by atoms with Gasteiger partial charge in [-0.25, -0.2) is 9.59 Å². The molecule has 0 aliphatic heterocycles. The molecule has 3 rings (SSSR count). The fourth-order valence-corrected chi connectivity index (χ4v) is 2.45. The van der Waals surface area contributed by atoms with Gasteiger partial charge in [0.2, 0.25) is 0 Å². The zero-order valence-electron chi connectivity index (χ0n) is 20.7. The number of halogens is 6. The highest BCUT2D eigenvalue weighted by molar-refractivity contribution is 5.90. The van der Waals surface area contributed by atoms with Crippen molar-refractivity contribution >= 4 is 16.9 Å². The standard InChI is InChI=1S/C21H14F6O5/c1-19(20(22,23)24,21(25,26)27)32-17(29)12-8-6-11(7-9-12)10-14-16(28)13-4-2-3-5-15(13)31-18(14)30/h2-9,28H,10H2,1H3/i2D,3D,4D,5D,10D. The second kappa shape index (κ2) is 7.88. The minimum Gasteiger partial charge on any atom is -0.507 e. The smallest absolute Gasteiger partial charge is 0.437 e. The van der Waals surface area contributed by atoms with E-state index in [1.807, 2.05) is 0 Å². The third-order valence-electron chi connectivity index (χ3n) is 4.40. The van der Waals surface area contributed by atoms with Gasteiger partial charge in [0, 0.05) is 7.77 Å². The molecule has 0 aliphatic rings. The molecule has 2 aromatic carbocycles. The number of esters is 1. The number of ether oxygens (including phenoxy) is 1. The molecular formula is C21H14F6O5. The van der Waals surface area contributed by atoms with Gasteiger partial charge in [-0.15, -0.1) is 0 Å². The molecule has 0 bridgehead atoms.